The van der Waals surface area contributed by atoms with Crippen LogP contribution in [0, 0.1) is 0 Å². The number of nitrogens with zero attached hydrogens (tertiary/aromatic N) is 2. The second-order valence-electron chi connectivity index (χ2n) is 8.75. The quantitative estimate of drug-likeness (QED) is 0.554. The lowest BCUT2D eigenvalue weighted by Crippen LogP contribution is -2.48. The zero-order chi connectivity index (χ0) is 22.6. The first-order valence-electron chi connectivity index (χ1n) is 11.7. The summed E-state index contributed by atoms with van der Waals surface area (Å²) < 4.78 is 11.2. The Balaban J connectivity index is 1.13. The van der Waals surface area contributed by atoms with E-state index in [2.05, 4.69) is 35.2 Å². The first-order valence-corrected chi connectivity index (χ1v) is 11.7. The van der Waals surface area contributed by atoms with E-state index in [1.807, 2.05) is 41.3 Å². The van der Waals surface area contributed by atoms with Crippen molar-refractivity contribution in [3.8, 4) is 11.5 Å². The van der Waals surface area contributed by atoms with E-state index >= 15 is 0 Å². The highest BCUT2D eigenvalue weighted by molar-refractivity contribution is 5.94. The van der Waals surface area contributed by atoms with Gasteiger partial charge in [-0.05, 0) is 84.5 Å². The number of ether oxygens (including phenoxy) is 2. The van der Waals surface area contributed by atoms with Gasteiger partial charge >= 0.3 is 0 Å². The monoisotopic (exact) mass is 442 g/mol. The maximum absolute atomic E-state index is 13.0. The van der Waals surface area contributed by atoms with Gasteiger partial charge < -0.3 is 19.3 Å². The fraction of sp³-hybridized carbons (Fsp3) is 0.321. The third-order valence-electron chi connectivity index (χ3n) is 6.68. The molecule has 0 unspecified atom stereocenters. The van der Waals surface area contributed by atoms with Crippen molar-refractivity contribution < 1.29 is 14.3 Å². The molecule has 5 nitrogen and oxygen atoms in total. The lowest BCUT2D eigenvalue weighted by atomic mass is 10.1. The second kappa shape index (κ2) is 9.57. The molecule has 0 atom stereocenters. The molecule has 0 N–H and O–H groups in total. The predicted octanol–water partition coefficient (Wildman–Crippen LogP) is 4.73. The summed E-state index contributed by atoms with van der Waals surface area (Å²) in [6, 6.07) is 22.3. The molecule has 3 aromatic rings. The molecule has 5 heteroatoms. The average molecular weight is 443 g/mol. The minimum Gasteiger partial charge on any atom is -0.497 e. The number of aryl methyl sites for hydroxylation is 2. The van der Waals surface area contributed by atoms with E-state index in [-0.39, 0.29) is 5.91 Å². The maximum atomic E-state index is 13.0. The van der Waals surface area contributed by atoms with Crippen molar-refractivity contribution in [2.24, 2.45) is 0 Å². The SMILES string of the molecule is COc1ccc(N2CCN(C(=O)c3ccc(COc4ccc5c(c4)CCC5)cc3)CC2)cc1. The van der Waals surface area contributed by atoms with Gasteiger partial charge in [0, 0.05) is 37.4 Å². The van der Waals surface area contributed by atoms with Crippen LogP contribution in [0.1, 0.15) is 33.5 Å². The van der Waals surface area contributed by atoms with E-state index in [0.29, 0.717) is 19.7 Å². The third kappa shape index (κ3) is 4.82. The summed E-state index contributed by atoms with van der Waals surface area (Å²) in [5.41, 5.74) is 5.83. The molecule has 0 spiro atoms. The molecule has 0 bridgehead atoms. The van der Waals surface area contributed by atoms with Crippen LogP contribution in [0.15, 0.2) is 66.7 Å². The second-order valence-corrected chi connectivity index (χ2v) is 8.75. The topological polar surface area (TPSA) is 42.0 Å². The van der Waals surface area contributed by atoms with Gasteiger partial charge in [0.25, 0.3) is 5.91 Å². The minimum atomic E-state index is 0.0930. The van der Waals surface area contributed by atoms with E-state index in [9.17, 15) is 4.79 Å². The van der Waals surface area contributed by atoms with Crippen molar-refractivity contribution in [3.05, 3.63) is 89.0 Å². The Morgan fingerprint density at radius 3 is 2.24 bits per heavy atom. The summed E-state index contributed by atoms with van der Waals surface area (Å²) in [6.45, 7) is 3.59. The van der Waals surface area contributed by atoms with Gasteiger partial charge in [0.2, 0.25) is 0 Å². The van der Waals surface area contributed by atoms with Crippen LogP contribution in [-0.4, -0.2) is 44.1 Å². The number of carbonyl (C=O) groups is 1. The Hall–Kier alpha value is -3.47. The molecule has 3 aromatic carbocycles. The zero-order valence-electron chi connectivity index (χ0n) is 19.1. The number of fused-ring (bicyclic) bond motifs is 1. The van der Waals surface area contributed by atoms with Gasteiger partial charge in [-0.1, -0.05) is 18.2 Å². The molecule has 1 amide bonds. The van der Waals surface area contributed by atoms with Crippen LogP contribution >= 0.6 is 0 Å². The van der Waals surface area contributed by atoms with Crippen LogP contribution in [-0.2, 0) is 19.4 Å². The fourth-order valence-corrected chi connectivity index (χ4v) is 4.69. The summed E-state index contributed by atoms with van der Waals surface area (Å²) in [4.78, 5) is 17.2. The molecule has 2 aliphatic rings. The lowest BCUT2D eigenvalue weighted by Gasteiger charge is -2.36. The molecular weight excluding hydrogens is 412 g/mol. The van der Waals surface area contributed by atoms with Crippen molar-refractivity contribution in [2.45, 2.75) is 25.9 Å². The largest absolute Gasteiger partial charge is 0.497 e. The van der Waals surface area contributed by atoms with Gasteiger partial charge in [0.15, 0.2) is 0 Å². The van der Waals surface area contributed by atoms with Crippen LogP contribution in [0.25, 0.3) is 0 Å². The van der Waals surface area contributed by atoms with E-state index in [0.717, 1.165) is 47.8 Å². The molecule has 1 aliphatic heterocycles. The minimum absolute atomic E-state index is 0.0930. The summed E-state index contributed by atoms with van der Waals surface area (Å²) >= 11 is 0. The van der Waals surface area contributed by atoms with Gasteiger partial charge in [-0.2, -0.15) is 0 Å². The molecule has 0 radical (unpaired) electrons. The number of rotatable bonds is 6. The smallest absolute Gasteiger partial charge is 0.253 e. The van der Waals surface area contributed by atoms with Gasteiger partial charge in [-0.3, -0.25) is 4.79 Å². The molecule has 5 rings (SSSR count). The highest BCUT2D eigenvalue weighted by Gasteiger charge is 2.22. The van der Waals surface area contributed by atoms with E-state index in [1.165, 1.54) is 24.0 Å². The van der Waals surface area contributed by atoms with Crippen molar-refractivity contribution in [2.75, 3.05) is 38.2 Å². The number of anilines is 1. The van der Waals surface area contributed by atoms with Crippen molar-refractivity contribution in [1.82, 2.24) is 4.90 Å². The molecule has 170 valence electrons. The number of piperazine rings is 1. The van der Waals surface area contributed by atoms with Gasteiger partial charge in [0.1, 0.15) is 18.1 Å². The van der Waals surface area contributed by atoms with Crippen molar-refractivity contribution in [1.29, 1.82) is 0 Å². The standard InChI is InChI=1S/C28H30N2O3/c1-32-26-13-10-25(11-14-26)29-15-17-30(18-16-29)28(31)23-7-5-21(6-8-23)20-33-27-12-9-22-3-2-4-24(22)19-27/h5-14,19H,2-4,15-18,20H2,1H3. The molecule has 1 saturated heterocycles. The zero-order valence-corrected chi connectivity index (χ0v) is 19.1. The Morgan fingerprint density at radius 2 is 1.52 bits per heavy atom. The summed E-state index contributed by atoms with van der Waals surface area (Å²) in [7, 11) is 1.67. The third-order valence-corrected chi connectivity index (χ3v) is 6.68. The molecular formula is C28H30N2O3. The number of hydrogen-bond donors (Lipinski definition) is 0. The van der Waals surface area contributed by atoms with E-state index < -0.39 is 0 Å². The van der Waals surface area contributed by atoms with Gasteiger partial charge in [-0.25, -0.2) is 0 Å². The summed E-state index contributed by atoms with van der Waals surface area (Å²) in [5.74, 6) is 1.87. The van der Waals surface area contributed by atoms with E-state index in [1.54, 1.807) is 7.11 Å². The fourth-order valence-electron chi connectivity index (χ4n) is 4.69. The first-order chi connectivity index (χ1) is 16.2. The van der Waals surface area contributed by atoms with Crippen LogP contribution in [0.4, 0.5) is 5.69 Å². The number of amides is 1. The highest BCUT2D eigenvalue weighted by Crippen LogP contribution is 2.26. The van der Waals surface area contributed by atoms with Crippen molar-refractivity contribution >= 4 is 11.6 Å². The highest BCUT2D eigenvalue weighted by atomic mass is 16.5. The number of hydrogen-bond acceptors (Lipinski definition) is 4. The molecule has 0 saturated carbocycles. The van der Waals surface area contributed by atoms with Crippen LogP contribution < -0.4 is 14.4 Å². The van der Waals surface area contributed by atoms with Gasteiger partial charge in [-0.15, -0.1) is 0 Å². The summed E-state index contributed by atoms with van der Waals surface area (Å²) in [6.07, 6.45) is 3.57. The number of carbonyl (C=O) groups excluding carboxylic acids is 1. The Labute approximate surface area is 195 Å². The maximum Gasteiger partial charge on any atom is 0.253 e. The average Bonchev–Trinajstić information content (AvgIpc) is 3.35. The first kappa shape index (κ1) is 21.4. The Kier molecular flexibility index (Phi) is 6.20. The van der Waals surface area contributed by atoms with E-state index in [4.69, 9.17) is 9.47 Å². The molecule has 1 aliphatic carbocycles. The van der Waals surface area contributed by atoms with Crippen LogP contribution in [0.5, 0.6) is 11.5 Å². The Bertz CT molecular complexity index is 1100. The number of benzene rings is 3. The summed E-state index contributed by atoms with van der Waals surface area (Å²) in [5, 5.41) is 0. The van der Waals surface area contributed by atoms with Gasteiger partial charge in [0.05, 0.1) is 7.11 Å². The number of methoxy groups -OCH3 is 1. The predicted molar refractivity (Wildman–Crippen MR) is 130 cm³/mol. The molecule has 1 heterocycles. The van der Waals surface area contributed by atoms with Crippen molar-refractivity contribution in [3.63, 3.8) is 0 Å². The Morgan fingerprint density at radius 1 is 0.818 bits per heavy atom. The van der Waals surface area contributed by atoms with Crippen LogP contribution in [0.3, 0.4) is 0 Å². The molecule has 33 heavy (non-hydrogen) atoms. The lowest BCUT2D eigenvalue weighted by molar-refractivity contribution is 0.0746. The molecule has 0 aromatic heterocycles. The normalized spacial score (nSPS) is 15.3. The molecule has 1 fully saturated rings. The van der Waals surface area contributed by atoms with Crippen LogP contribution in [0.2, 0.25) is 0 Å².